The Balaban J connectivity index is 0. The maximum absolute atomic E-state index is 0. The molecule has 0 amide bonds. The average molecular weight is 244 g/mol. The van der Waals surface area contributed by atoms with E-state index in [1.165, 1.54) is 0 Å². The summed E-state index contributed by atoms with van der Waals surface area (Å²) in [7, 11) is 0. The standard InChI is InChI=1S/3ClH.In.H3N.3H/h3*1H;;1H3;;;. The van der Waals surface area contributed by atoms with E-state index in [2.05, 4.69) is 0 Å². The molecule has 0 atom stereocenters. The molecule has 0 rings (SSSR count). The third-order valence-corrected chi connectivity index (χ3v) is 0. The number of hydrogen-bond donors (Lipinski definition) is 1. The second kappa shape index (κ2) is 43.6. The Morgan fingerprint density at radius 3 is 0.600 bits per heavy atom. The fourth-order valence-electron chi connectivity index (χ4n) is 0. The monoisotopic (exact) mass is 243 g/mol. The van der Waals surface area contributed by atoms with Crippen LogP contribution in [0.25, 0.3) is 0 Å². The van der Waals surface area contributed by atoms with Crippen molar-refractivity contribution >= 4 is 63.1 Å². The summed E-state index contributed by atoms with van der Waals surface area (Å²) in [6.45, 7) is 0. The molecule has 0 unspecified atom stereocenters. The Kier molecular flexibility index (Phi) is 656. The van der Waals surface area contributed by atoms with Gasteiger partial charge in [-0.2, -0.15) is 0 Å². The maximum atomic E-state index is 0. The molecular formula is H9Cl3InN. The first-order valence-electron chi connectivity index (χ1n) is 0. The number of halogens is 3. The summed E-state index contributed by atoms with van der Waals surface area (Å²) in [5.41, 5.74) is 0. The predicted octanol–water partition coefficient (Wildman–Crippen LogP) is 0.244. The van der Waals surface area contributed by atoms with E-state index < -0.39 is 0 Å². The third-order valence-electron chi connectivity index (χ3n) is 0. The van der Waals surface area contributed by atoms with E-state index in [-0.39, 0.29) is 69.2 Å². The molecule has 38 valence electrons. The van der Waals surface area contributed by atoms with Gasteiger partial charge in [0.2, 0.25) is 0 Å². The molecule has 0 aliphatic carbocycles. The molecule has 0 radical (unpaired) electrons. The summed E-state index contributed by atoms with van der Waals surface area (Å²) in [6, 6.07) is 0. The van der Waals surface area contributed by atoms with Crippen LogP contribution < -0.4 is 6.15 Å². The Labute approximate surface area is 68.9 Å². The van der Waals surface area contributed by atoms with E-state index in [1.54, 1.807) is 0 Å². The zero-order chi connectivity index (χ0) is 0. The molecule has 0 saturated heterocycles. The van der Waals surface area contributed by atoms with Gasteiger partial charge in [-0.05, 0) is 0 Å². The van der Waals surface area contributed by atoms with Crippen LogP contribution in [0, 0.1) is 0 Å². The van der Waals surface area contributed by atoms with E-state index in [4.69, 9.17) is 0 Å². The van der Waals surface area contributed by atoms with E-state index in [1.807, 2.05) is 0 Å². The van der Waals surface area contributed by atoms with Crippen molar-refractivity contribution in [2.24, 2.45) is 0 Å². The van der Waals surface area contributed by atoms with Gasteiger partial charge >= 0.3 is 25.8 Å². The molecule has 0 aliphatic rings. The third kappa shape index (κ3) is 27.0. The van der Waals surface area contributed by atoms with Crippen molar-refractivity contribution in [1.82, 2.24) is 6.15 Å². The molecule has 0 bridgehead atoms. The molecule has 0 aliphatic heterocycles. The van der Waals surface area contributed by atoms with Crippen molar-refractivity contribution in [2.75, 3.05) is 0 Å². The minimum atomic E-state index is 0. The van der Waals surface area contributed by atoms with E-state index >= 15 is 0 Å². The van der Waals surface area contributed by atoms with Crippen molar-refractivity contribution in [2.45, 2.75) is 0 Å². The van der Waals surface area contributed by atoms with E-state index in [9.17, 15) is 0 Å². The molecule has 0 heterocycles. The molecule has 0 spiro atoms. The molecule has 0 aromatic carbocycles. The first-order chi connectivity index (χ1) is 0. The van der Waals surface area contributed by atoms with E-state index in [0.717, 1.165) is 0 Å². The fraction of sp³-hybridized carbons (Fsp3) is 0. The SMILES string of the molecule is Cl.Cl.Cl.N.[InH3]. The summed E-state index contributed by atoms with van der Waals surface area (Å²) in [5, 5.41) is 0. The van der Waals surface area contributed by atoms with Gasteiger partial charge < -0.3 is 6.15 Å². The zero-order valence-corrected chi connectivity index (χ0v) is 4.38. The molecule has 0 aromatic rings. The van der Waals surface area contributed by atoms with Crippen molar-refractivity contribution in [3.63, 3.8) is 0 Å². The summed E-state index contributed by atoms with van der Waals surface area (Å²) in [6.07, 6.45) is 0. The van der Waals surface area contributed by atoms with Gasteiger partial charge in [0, 0.05) is 0 Å². The van der Waals surface area contributed by atoms with Gasteiger partial charge in [-0.1, -0.05) is 0 Å². The predicted molar refractivity (Wildman–Crippen MR) is 36.7 cm³/mol. The second-order valence-corrected chi connectivity index (χ2v) is 0. The van der Waals surface area contributed by atoms with Crippen LogP contribution in [-0.2, 0) is 0 Å². The van der Waals surface area contributed by atoms with Crippen LogP contribution in [0.4, 0.5) is 0 Å². The number of rotatable bonds is 0. The molecular weight excluding hydrogens is 235 g/mol. The molecule has 5 heavy (non-hydrogen) atoms. The first kappa shape index (κ1) is 75.3. The van der Waals surface area contributed by atoms with Gasteiger partial charge in [0.05, 0.1) is 0 Å². The van der Waals surface area contributed by atoms with Gasteiger partial charge in [0.25, 0.3) is 0 Å². The van der Waals surface area contributed by atoms with Gasteiger partial charge in [0.1, 0.15) is 0 Å². The van der Waals surface area contributed by atoms with Crippen LogP contribution >= 0.6 is 37.2 Å². The summed E-state index contributed by atoms with van der Waals surface area (Å²) >= 11 is 0. The second-order valence-electron chi connectivity index (χ2n) is 0. The van der Waals surface area contributed by atoms with Gasteiger partial charge in [-0.25, -0.2) is 0 Å². The van der Waals surface area contributed by atoms with Crippen LogP contribution in [0.1, 0.15) is 0 Å². The first-order valence-corrected chi connectivity index (χ1v) is 0. The van der Waals surface area contributed by atoms with Crippen LogP contribution in [0.15, 0.2) is 0 Å². The van der Waals surface area contributed by atoms with Gasteiger partial charge in [-0.15, -0.1) is 37.2 Å². The number of hydrogen-bond acceptors (Lipinski definition) is 1. The van der Waals surface area contributed by atoms with Crippen molar-refractivity contribution in [3.8, 4) is 0 Å². The van der Waals surface area contributed by atoms with Crippen molar-refractivity contribution in [3.05, 3.63) is 0 Å². The average Bonchev–Trinajstić information content (AvgIpc) is 0. The molecule has 1 nitrogen and oxygen atoms in total. The Bertz CT molecular complexity index is 6.85. The fourth-order valence-corrected chi connectivity index (χ4v) is 0. The molecule has 3 N–H and O–H groups in total. The van der Waals surface area contributed by atoms with Crippen LogP contribution in [0.3, 0.4) is 0 Å². The Hall–Kier alpha value is 1.70. The summed E-state index contributed by atoms with van der Waals surface area (Å²) < 4.78 is 0. The van der Waals surface area contributed by atoms with Crippen LogP contribution in [-0.4, -0.2) is 25.8 Å². The van der Waals surface area contributed by atoms with Crippen LogP contribution in [0.2, 0.25) is 0 Å². The molecule has 5 heteroatoms. The molecule has 0 saturated carbocycles. The minimum absolute atomic E-state index is 0. The molecule has 0 fully saturated rings. The van der Waals surface area contributed by atoms with Crippen molar-refractivity contribution < 1.29 is 0 Å². The van der Waals surface area contributed by atoms with Crippen molar-refractivity contribution in [1.29, 1.82) is 0 Å². The zero-order valence-electron chi connectivity index (χ0n) is 1.93. The Morgan fingerprint density at radius 2 is 0.600 bits per heavy atom. The van der Waals surface area contributed by atoms with Crippen LogP contribution in [0.5, 0.6) is 0 Å². The normalized spacial score (nSPS) is 0. The summed E-state index contributed by atoms with van der Waals surface area (Å²) in [4.78, 5) is 0. The quantitative estimate of drug-likeness (QED) is 0.651. The Morgan fingerprint density at radius 1 is 0.600 bits per heavy atom. The topological polar surface area (TPSA) is 35.0 Å². The van der Waals surface area contributed by atoms with Gasteiger partial charge in [-0.3, -0.25) is 0 Å². The summed E-state index contributed by atoms with van der Waals surface area (Å²) in [5.74, 6) is 0. The molecule has 0 aromatic heterocycles. The van der Waals surface area contributed by atoms with Gasteiger partial charge in [0.15, 0.2) is 0 Å². The van der Waals surface area contributed by atoms with E-state index in [0.29, 0.717) is 0 Å².